The summed E-state index contributed by atoms with van der Waals surface area (Å²) in [4.78, 5) is 0. The predicted molar refractivity (Wildman–Crippen MR) is 83.6 cm³/mol. The molecule has 1 N–H and O–H groups in total. The molecule has 0 amide bonds. The molecule has 0 aliphatic heterocycles. The first-order valence-corrected chi connectivity index (χ1v) is 7.25. The number of halogens is 2. The van der Waals surface area contributed by atoms with Crippen LogP contribution in [0.1, 0.15) is 24.5 Å². The van der Waals surface area contributed by atoms with Crippen molar-refractivity contribution in [1.82, 2.24) is 5.32 Å². The van der Waals surface area contributed by atoms with Gasteiger partial charge in [-0.2, -0.15) is 0 Å². The fourth-order valence-corrected chi connectivity index (χ4v) is 2.38. The molecule has 1 nitrogen and oxygen atoms in total. The summed E-state index contributed by atoms with van der Waals surface area (Å²) in [5, 5.41) is 3.99. The SMILES string of the molecule is CCCNCc1ccc(-c2ccc(C)c(F)c2)c(Cl)c1. The van der Waals surface area contributed by atoms with Crippen molar-refractivity contribution in [2.75, 3.05) is 6.54 Å². The lowest BCUT2D eigenvalue weighted by Crippen LogP contribution is -2.13. The summed E-state index contributed by atoms with van der Waals surface area (Å²) >= 11 is 6.32. The summed E-state index contributed by atoms with van der Waals surface area (Å²) in [7, 11) is 0. The van der Waals surface area contributed by atoms with Gasteiger partial charge >= 0.3 is 0 Å². The topological polar surface area (TPSA) is 12.0 Å². The third-order valence-electron chi connectivity index (χ3n) is 3.27. The van der Waals surface area contributed by atoms with Crippen LogP contribution in [0.2, 0.25) is 5.02 Å². The van der Waals surface area contributed by atoms with Gasteiger partial charge in [-0.25, -0.2) is 4.39 Å². The molecule has 0 aromatic heterocycles. The third kappa shape index (κ3) is 3.59. The lowest BCUT2D eigenvalue weighted by molar-refractivity contribution is 0.619. The highest BCUT2D eigenvalue weighted by Gasteiger charge is 2.07. The van der Waals surface area contributed by atoms with Gasteiger partial charge in [0, 0.05) is 17.1 Å². The maximum Gasteiger partial charge on any atom is 0.126 e. The van der Waals surface area contributed by atoms with E-state index >= 15 is 0 Å². The summed E-state index contributed by atoms with van der Waals surface area (Å²) in [6, 6.07) is 11.1. The Hall–Kier alpha value is -1.38. The number of benzene rings is 2. The van der Waals surface area contributed by atoms with Gasteiger partial charge in [0.1, 0.15) is 5.82 Å². The van der Waals surface area contributed by atoms with Gasteiger partial charge in [0.2, 0.25) is 0 Å². The van der Waals surface area contributed by atoms with Gasteiger partial charge in [0.25, 0.3) is 0 Å². The Morgan fingerprint density at radius 3 is 2.60 bits per heavy atom. The van der Waals surface area contributed by atoms with E-state index in [0.29, 0.717) is 10.6 Å². The van der Waals surface area contributed by atoms with Gasteiger partial charge in [0.15, 0.2) is 0 Å². The van der Waals surface area contributed by atoms with Crippen molar-refractivity contribution in [3.8, 4) is 11.1 Å². The molecule has 0 saturated carbocycles. The van der Waals surface area contributed by atoms with Crippen molar-refractivity contribution in [2.45, 2.75) is 26.8 Å². The second-order valence-corrected chi connectivity index (χ2v) is 5.36. The molecule has 0 saturated heterocycles. The summed E-state index contributed by atoms with van der Waals surface area (Å²) in [5.74, 6) is -0.202. The first kappa shape index (κ1) is 15.0. The van der Waals surface area contributed by atoms with Gasteiger partial charge in [-0.05, 0) is 48.7 Å². The molecule has 106 valence electrons. The van der Waals surface area contributed by atoms with E-state index in [9.17, 15) is 4.39 Å². The predicted octanol–water partition coefficient (Wildman–Crippen LogP) is 4.95. The van der Waals surface area contributed by atoms with Gasteiger partial charge < -0.3 is 5.32 Å². The van der Waals surface area contributed by atoms with E-state index in [2.05, 4.69) is 12.2 Å². The quantitative estimate of drug-likeness (QED) is 0.768. The van der Waals surface area contributed by atoms with Crippen LogP contribution in [0.25, 0.3) is 11.1 Å². The fourth-order valence-electron chi connectivity index (χ4n) is 2.07. The second kappa shape index (κ2) is 6.87. The van der Waals surface area contributed by atoms with E-state index < -0.39 is 0 Å². The number of rotatable bonds is 5. The Kier molecular flexibility index (Phi) is 5.16. The average Bonchev–Trinajstić information content (AvgIpc) is 2.43. The van der Waals surface area contributed by atoms with Gasteiger partial charge in [-0.3, -0.25) is 0 Å². The molecule has 0 heterocycles. The molecular weight excluding hydrogens is 273 g/mol. The molecule has 2 aromatic rings. The Morgan fingerprint density at radius 2 is 1.95 bits per heavy atom. The van der Waals surface area contributed by atoms with Crippen LogP contribution >= 0.6 is 11.6 Å². The lowest BCUT2D eigenvalue weighted by Gasteiger charge is -2.09. The van der Waals surface area contributed by atoms with Crippen molar-refractivity contribution >= 4 is 11.6 Å². The van der Waals surface area contributed by atoms with Crippen molar-refractivity contribution < 1.29 is 4.39 Å². The zero-order valence-corrected chi connectivity index (χ0v) is 12.6. The van der Waals surface area contributed by atoms with E-state index in [1.807, 2.05) is 24.3 Å². The molecule has 3 heteroatoms. The standard InChI is InChI=1S/C17H19ClFN/c1-3-8-20-11-13-5-7-15(16(18)9-13)14-6-4-12(2)17(19)10-14/h4-7,9-10,20H,3,8,11H2,1-2H3. The molecular formula is C17H19ClFN. The van der Waals surface area contributed by atoms with Gasteiger partial charge in [-0.1, -0.05) is 42.8 Å². The second-order valence-electron chi connectivity index (χ2n) is 4.95. The third-order valence-corrected chi connectivity index (χ3v) is 3.58. The number of hydrogen-bond acceptors (Lipinski definition) is 1. The smallest absolute Gasteiger partial charge is 0.126 e. The Labute approximate surface area is 124 Å². The number of nitrogens with one attached hydrogen (secondary N) is 1. The van der Waals surface area contributed by atoms with Crippen LogP contribution in [-0.2, 0) is 6.54 Å². The van der Waals surface area contributed by atoms with Crippen LogP contribution in [-0.4, -0.2) is 6.54 Å². The minimum absolute atomic E-state index is 0.202. The fraction of sp³-hybridized carbons (Fsp3) is 0.294. The Morgan fingerprint density at radius 1 is 1.15 bits per heavy atom. The average molecular weight is 292 g/mol. The Balaban J connectivity index is 2.22. The maximum absolute atomic E-state index is 13.6. The summed E-state index contributed by atoms with van der Waals surface area (Å²) in [6.07, 6.45) is 1.11. The number of hydrogen-bond donors (Lipinski definition) is 1. The van der Waals surface area contributed by atoms with Crippen LogP contribution < -0.4 is 5.32 Å². The molecule has 0 spiro atoms. The largest absolute Gasteiger partial charge is 0.313 e. The van der Waals surface area contributed by atoms with Crippen LogP contribution in [0, 0.1) is 12.7 Å². The minimum atomic E-state index is -0.202. The summed E-state index contributed by atoms with van der Waals surface area (Å²) in [5.41, 5.74) is 3.46. The van der Waals surface area contributed by atoms with Gasteiger partial charge in [-0.15, -0.1) is 0 Å². The van der Waals surface area contributed by atoms with E-state index in [-0.39, 0.29) is 5.82 Å². The molecule has 20 heavy (non-hydrogen) atoms. The zero-order valence-electron chi connectivity index (χ0n) is 11.8. The van der Waals surface area contributed by atoms with E-state index in [0.717, 1.165) is 36.2 Å². The highest BCUT2D eigenvalue weighted by molar-refractivity contribution is 6.33. The Bertz CT molecular complexity index is 596. The van der Waals surface area contributed by atoms with Crippen LogP contribution in [0.15, 0.2) is 36.4 Å². The highest BCUT2D eigenvalue weighted by Crippen LogP contribution is 2.29. The van der Waals surface area contributed by atoms with Crippen LogP contribution in [0.4, 0.5) is 4.39 Å². The van der Waals surface area contributed by atoms with E-state index in [1.165, 1.54) is 6.07 Å². The maximum atomic E-state index is 13.6. The van der Waals surface area contributed by atoms with Crippen molar-refractivity contribution in [3.05, 3.63) is 58.4 Å². The molecule has 2 aromatic carbocycles. The molecule has 0 unspecified atom stereocenters. The highest BCUT2D eigenvalue weighted by atomic mass is 35.5. The van der Waals surface area contributed by atoms with E-state index in [4.69, 9.17) is 11.6 Å². The molecule has 0 aliphatic rings. The summed E-state index contributed by atoms with van der Waals surface area (Å²) in [6.45, 7) is 5.68. The molecule has 2 rings (SSSR count). The van der Waals surface area contributed by atoms with Crippen LogP contribution in [0.3, 0.4) is 0 Å². The molecule has 0 bridgehead atoms. The molecule has 0 radical (unpaired) electrons. The normalized spacial score (nSPS) is 10.8. The van der Waals surface area contributed by atoms with Crippen molar-refractivity contribution in [2.24, 2.45) is 0 Å². The van der Waals surface area contributed by atoms with Gasteiger partial charge in [0.05, 0.1) is 0 Å². The first-order valence-electron chi connectivity index (χ1n) is 6.87. The van der Waals surface area contributed by atoms with Crippen LogP contribution in [0.5, 0.6) is 0 Å². The van der Waals surface area contributed by atoms with Crippen molar-refractivity contribution in [1.29, 1.82) is 0 Å². The number of aryl methyl sites for hydroxylation is 1. The zero-order chi connectivity index (χ0) is 14.5. The monoisotopic (exact) mass is 291 g/mol. The summed E-state index contributed by atoms with van der Waals surface area (Å²) < 4.78 is 13.6. The van der Waals surface area contributed by atoms with Crippen molar-refractivity contribution in [3.63, 3.8) is 0 Å². The lowest BCUT2D eigenvalue weighted by atomic mass is 10.0. The molecule has 0 aliphatic carbocycles. The molecule has 0 atom stereocenters. The minimum Gasteiger partial charge on any atom is -0.313 e. The first-order chi connectivity index (χ1) is 9.61. The van der Waals surface area contributed by atoms with E-state index in [1.54, 1.807) is 13.0 Å². The molecule has 0 fully saturated rings.